The first kappa shape index (κ1) is 66.3. The van der Waals surface area contributed by atoms with E-state index in [0.717, 1.165) is 128 Å². The average molecular weight is 980 g/mol. The first-order valence-electron chi connectivity index (χ1n) is 28.3. The fourth-order valence-corrected chi connectivity index (χ4v) is 7.05. The second kappa shape index (κ2) is 57.9. The van der Waals surface area contributed by atoms with E-state index in [1.165, 1.54) is 51.4 Å². The molecular weight excluding hydrogens is 877 g/mol. The van der Waals surface area contributed by atoms with Crippen molar-refractivity contribution in [2.45, 2.75) is 232 Å². The summed E-state index contributed by atoms with van der Waals surface area (Å²) in [6.45, 7) is 6.36. The van der Waals surface area contributed by atoms with Crippen molar-refractivity contribution >= 4 is 17.9 Å². The molecule has 0 rings (SSSR count). The molecule has 0 aliphatic heterocycles. The van der Waals surface area contributed by atoms with Crippen LogP contribution in [-0.2, 0) is 28.6 Å². The Kier molecular flexibility index (Phi) is 54.0. The molecule has 0 saturated heterocycles. The van der Waals surface area contributed by atoms with E-state index < -0.39 is 6.10 Å². The quantitative estimate of drug-likeness (QED) is 0.0262. The summed E-state index contributed by atoms with van der Waals surface area (Å²) in [5, 5.41) is 0. The van der Waals surface area contributed by atoms with Gasteiger partial charge in [0.15, 0.2) is 6.10 Å². The number of esters is 3. The van der Waals surface area contributed by atoms with E-state index in [1.807, 2.05) is 0 Å². The zero-order valence-corrected chi connectivity index (χ0v) is 45.4. The first-order chi connectivity index (χ1) is 35.0. The summed E-state index contributed by atoms with van der Waals surface area (Å²) < 4.78 is 16.8. The number of carbonyl (C=O) groups is 3. The lowest BCUT2D eigenvalue weighted by Gasteiger charge is -2.18. The standard InChI is InChI=1S/C65H102O6/c1-4-7-10-13-16-19-22-25-28-31-32-35-37-40-43-46-49-52-55-58-64(67)70-61-62(71-65(68)59-56-53-50-47-44-41-38-34-30-27-24-21-18-15-12-9-6-3)60-69-63(66)57-54-51-48-45-42-39-36-33-29-26-23-20-17-14-11-8-5-2/h9,12,16-21,25-30,32,35-36,38-41,43,47,50,62H,4-8,10-11,13-15,22-24,31,33-34,37,42,44-46,48-49,51-61H2,1-3H3/b12-9-,19-16-,20-17-,21-18-,28-25-,29-26-,30-27-,35-32-,39-36-,41-38-,43-40-,50-47-/t62-/m1/s1. The number of allylic oxidation sites excluding steroid dienone is 24. The molecule has 0 N–H and O–H groups in total. The summed E-state index contributed by atoms with van der Waals surface area (Å²) in [6.07, 6.45) is 82.6. The van der Waals surface area contributed by atoms with Crippen LogP contribution in [0.5, 0.6) is 0 Å². The number of hydrogen-bond acceptors (Lipinski definition) is 6. The normalized spacial score (nSPS) is 13.2. The van der Waals surface area contributed by atoms with Crippen molar-refractivity contribution in [3.63, 3.8) is 0 Å². The van der Waals surface area contributed by atoms with Crippen LogP contribution < -0.4 is 0 Å². The van der Waals surface area contributed by atoms with Gasteiger partial charge in [-0.15, -0.1) is 0 Å². The van der Waals surface area contributed by atoms with Crippen LogP contribution in [0.4, 0.5) is 0 Å². The Morgan fingerprint density at radius 3 is 0.901 bits per heavy atom. The highest BCUT2D eigenvalue weighted by atomic mass is 16.6. The summed E-state index contributed by atoms with van der Waals surface area (Å²) in [5.41, 5.74) is 0. The second-order valence-corrected chi connectivity index (χ2v) is 18.1. The van der Waals surface area contributed by atoms with Gasteiger partial charge in [-0.1, -0.05) is 212 Å². The van der Waals surface area contributed by atoms with E-state index in [0.29, 0.717) is 19.3 Å². The van der Waals surface area contributed by atoms with Crippen LogP contribution in [0, 0.1) is 0 Å². The topological polar surface area (TPSA) is 78.9 Å². The van der Waals surface area contributed by atoms with Crippen LogP contribution in [0.15, 0.2) is 146 Å². The van der Waals surface area contributed by atoms with Crippen LogP contribution in [-0.4, -0.2) is 37.2 Å². The molecule has 1 atom stereocenters. The van der Waals surface area contributed by atoms with Crippen molar-refractivity contribution < 1.29 is 28.6 Å². The molecule has 6 nitrogen and oxygen atoms in total. The summed E-state index contributed by atoms with van der Waals surface area (Å²) in [5.74, 6) is -1.05. The number of hydrogen-bond donors (Lipinski definition) is 0. The summed E-state index contributed by atoms with van der Waals surface area (Å²) in [4.78, 5) is 38.1. The zero-order valence-electron chi connectivity index (χ0n) is 45.4. The maximum atomic E-state index is 12.8. The Labute approximate surface area is 436 Å². The maximum absolute atomic E-state index is 12.8. The van der Waals surface area contributed by atoms with Gasteiger partial charge in [-0.25, -0.2) is 0 Å². The van der Waals surface area contributed by atoms with E-state index in [4.69, 9.17) is 14.2 Å². The van der Waals surface area contributed by atoms with Gasteiger partial charge in [0.05, 0.1) is 0 Å². The molecule has 398 valence electrons. The minimum absolute atomic E-state index is 0.129. The molecule has 0 bridgehead atoms. The number of unbranched alkanes of at least 4 members (excludes halogenated alkanes) is 14. The molecule has 0 aliphatic carbocycles. The van der Waals surface area contributed by atoms with Gasteiger partial charge >= 0.3 is 17.9 Å². The maximum Gasteiger partial charge on any atom is 0.306 e. The van der Waals surface area contributed by atoms with Gasteiger partial charge in [0.2, 0.25) is 0 Å². The van der Waals surface area contributed by atoms with E-state index in [9.17, 15) is 14.4 Å². The predicted molar refractivity (Wildman–Crippen MR) is 306 cm³/mol. The SMILES string of the molecule is CC/C=C\C/C=C\C/C=C\C/C=C\C/C=C\CCCC(=O)O[C@@H](COC(=O)CCCCC/C=C\C/C=C\C/C=C\C/C=C\CCCCC)COC(=O)CCCCCC/C=C\C/C=C\C/C=C\CCCCC. The molecule has 71 heavy (non-hydrogen) atoms. The van der Waals surface area contributed by atoms with Crippen molar-refractivity contribution in [2.75, 3.05) is 13.2 Å². The number of rotatable bonds is 49. The van der Waals surface area contributed by atoms with Crippen molar-refractivity contribution in [3.8, 4) is 0 Å². The Hall–Kier alpha value is -4.71. The number of ether oxygens (including phenoxy) is 3. The van der Waals surface area contributed by atoms with Gasteiger partial charge in [0.1, 0.15) is 13.2 Å². The monoisotopic (exact) mass is 979 g/mol. The van der Waals surface area contributed by atoms with E-state index >= 15 is 0 Å². The van der Waals surface area contributed by atoms with Crippen molar-refractivity contribution in [3.05, 3.63) is 146 Å². The van der Waals surface area contributed by atoms with Crippen LogP contribution in [0.1, 0.15) is 226 Å². The van der Waals surface area contributed by atoms with Crippen LogP contribution in [0.2, 0.25) is 0 Å². The Balaban J connectivity index is 4.61. The molecule has 0 aliphatic rings. The average Bonchev–Trinajstić information content (AvgIpc) is 3.37. The third-order valence-corrected chi connectivity index (χ3v) is 11.3. The van der Waals surface area contributed by atoms with Gasteiger partial charge in [0, 0.05) is 19.3 Å². The molecule has 0 heterocycles. The Morgan fingerprint density at radius 2 is 0.563 bits per heavy atom. The molecule has 0 spiro atoms. The predicted octanol–water partition coefficient (Wildman–Crippen LogP) is 19.2. The highest BCUT2D eigenvalue weighted by Gasteiger charge is 2.19. The Bertz CT molecular complexity index is 1590. The third-order valence-electron chi connectivity index (χ3n) is 11.3. The largest absolute Gasteiger partial charge is 0.462 e. The minimum Gasteiger partial charge on any atom is -0.462 e. The lowest BCUT2D eigenvalue weighted by atomic mass is 10.1. The first-order valence-corrected chi connectivity index (χ1v) is 28.3. The van der Waals surface area contributed by atoms with E-state index in [1.54, 1.807) is 0 Å². The van der Waals surface area contributed by atoms with Gasteiger partial charge in [-0.2, -0.15) is 0 Å². The van der Waals surface area contributed by atoms with Gasteiger partial charge in [-0.3, -0.25) is 14.4 Å². The van der Waals surface area contributed by atoms with Crippen LogP contribution >= 0.6 is 0 Å². The molecule has 0 fully saturated rings. The van der Waals surface area contributed by atoms with E-state index in [2.05, 4.69) is 167 Å². The van der Waals surface area contributed by atoms with Gasteiger partial charge in [0.25, 0.3) is 0 Å². The third kappa shape index (κ3) is 56.1. The minimum atomic E-state index is -0.838. The molecule has 0 saturated carbocycles. The van der Waals surface area contributed by atoms with Crippen molar-refractivity contribution in [2.24, 2.45) is 0 Å². The molecule has 0 amide bonds. The van der Waals surface area contributed by atoms with E-state index in [-0.39, 0.29) is 37.5 Å². The van der Waals surface area contributed by atoms with Crippen LogP contribution in [0.25, 0.3) is 0 Å². The number of carbonyl (C=O) groups excluding carboxylic acids is 3. The molecule has 0 unspecified atom stereocenters. The highest BCUT2D eigenvalue weighted by Crippen LogP contribution is 2.11. The van der Waals surface area contributed by atoms with Gasteiger partial charge in [-0.05, 0) is 141 Å². The summed E-state index contributed by atoms with van der Waals surface area (Å²) >= 11 is 0. The Morgan fingerprint density at radius 1 is 0.296 bits per heavy atom. The lowest BCUT2D eigenvalue weighted by Crippen LogP contribution is -2.30. The fourth-order valence-electron chi connectivity index (χ4n) is 7.05. The molecule has 0 aromatic heterocycles. The zero-order chi connectivity index (χ0) is 51.4. The smallest absolute Gasteiger partial charge is 0.306 e. The lowest BCUT2D eigenvalue weighted by molar-refractivity contribution is -0.167. The fraction of sp³-hybridized carbons (Fsp3) is 0.585. The van der Waals surface area contributed by atoms with Crippen molar-refractivity contribution in [1.82, 2.24) is 0 Å². The molecule has 6 heteroatoms. The molecule has 0 aromatic carbocycles. The summed E-state index contributed by atoms with van der Waals surface area (Å²) in [6, 6.07) is 0. The summed E-state index contributed by atoms with van der Waals surface area (Å²) in [7, 11) is 0. The van der Waals surface area contributed by atoms with Crippen LogP contribution in [0.3, 0.4) is 0 Å². The van der Waals surface area contributed by atoms with Crippen molar-refractivity contribution in [1.29, 1.82) is 0 Å². The van der Waals surface area contributed by atoms with Gasteiger partial charge < -0.3 is 14.2 Å². The molecule has 0 radical (unpaired) electrons. The molecular formula is C65H102O6. The highest BCUT2D eigenvalue weighted by molar-refractivity contribution is 5.71. The second-order valence-electron chi connectivity index (χ2n) is 18.1. The molecule has 0 aromatic rings.